The van der Waals surface area contributed by atoms with Gasteiger partial charge in [0, 0.05) is 32.4 Å². The largest absolute Gasteiger partial charge is 0.444 e. The predicted octanol–water partition coefficient (Wildman–Crippen LogP) is 2.28. The van der Waals surface area contributed by atoms with E-state index in [4.69, 9.17) is 9.15 Å². The minimum Gasteiger partial charge on any atom is -0.444 e. The number of piperazine rings is 1. The summed E-state index contributed by atoms with van der Waals surface area (Å²) in [5, 5.41) is 0. The average molecular weight is 304 g/mol. The molecule has 118 valence electrons. The Labute approximate surface area is 128 Å². The van der Waals surface area contributed by atoms with Gasteiger partial charge in [-0.2, -0.15) is 4.98 Å². The number of hydrogen-bond acceptors (Lipinski definition) is 6. The highest BCUT2D eigenvalue weighted by Crippen LogP contribution is 2.21. The number of hydrogen-bond donors (Lipinski definition) is 0. The lowest BCUT2D eigenvalue weighted by atomic mass is 10.2. The summed E-state index contributed by atoms with van der Waals surface area (Å²) in [6.07, 6.45) is 1.42. The van der Waals surface area contributed by atoms with Gasteiger partial charge in [-0.15, -0.1) is 0 Å². The molecule has 22 heavy (non-hydrogen) atoms. The number of aromatic nitrogens is 2. The third-order valence-corrected chi connectivity index (χ3v) is 3.36. The Morgan fingerprint density at radius 3 is 2.64 bits per heavy atom. The van der Waals surface area contributed by atoms with Crippen LogP contribution in [0.4, 0.5) is 10.8 Å². The molecule has 0 aliphatic carbocycles. The molecular weight excluding hydrogens is 284 g/mol. The van der Waals surface area contributed by atoms with Crippen LogP contribution in [0.2, 0.25) is 0 Å². The van der Waals surface area contributed by atoms with E-state index in [-0.39, 0.29) is 6.09 Å². The number of anilines is 1. The van der Waals surface area contributed by atoms with Crippen molar-refractivity contribution < 1.29 is 13.9 Å². The number of fused-ring (bicyclic) bond motifs is 1. The first-order valence-electron chi connectivity index (χ1n) is 7.37. The van der Waals surface area contributed by atoms with Gasteiger partial charge in [0.05, 0.1) is 0 Å². The molecule has 0 unspecified atom stereocenters. The number of carbonyl (C=O) groups excluding carboxylic acids is 1. The second-order valence-electron chi connectivity index (χ2n) is 6.28. The van der Waals surface area contributed by atoms with E-state index in [1.807, 2.05) is 37.8 Å². The quantitative estimate of drug-likeness (QED) is 0.805. The molecular formula is C15H20N4O3. The molecule has 0 radical (unpaired) electrons. The summed E-state index contributed by atoms with van der Waals surface area (Å²) in [6.45, 7) is 8.09. The van der Waals surface area contributed by atoms with Crippen molar-refractivity contribution in [1.29, 1.82) is 0 Å². The lowest BCUT2D eigenvalue weighted by Gasteiger charge is -2.34. The number of nitrogens with zero attached hydrogens (tertiary/aromatic N) is 4. The zero-order valence-electron chi connectivity index (χ0n) is 13.1. The summed E-state index contributed by atoms with van der Waals surface area (Å²) in [6, 6.07) is 4.21. The molecule has 0 aromatic carbocycles. The monoisotopic (exact) mass is 304 g/mol. The fraction of sp³-hybridized carbons (Fsp3) is 0.533. The number of pyridine rings is 1. The van der Waals surface area contributed by atoms with Crippen molar-refractivity contribution in [1.82, 2.24) is 14.9 Å². The molecule has 0 saturated carbocycles. The smallest absolute Gasteiger partial charge is 0.410 e. The molecule has 0 atom stereocenters. The molecule has 7 heteroatoms. The van der Waals surface area contributed by atoms with Crippen LogP contribution in [0, 0.1) is 0 Å². The van der Waals surface area contributed by atoms with Crippen molar-refractivity contribution >= 4 is 23.3 Å². The van der Waals surface area contributed by atoms with Gasteiger partial charge in [-0.3, -0.25) is 0 Å². The topological polar surface area (TPSA) is 71.7 Å². The van der Waals surface area contributed by atoms with Gasteiger partial charge in [0.2, 0.25) is 5.65 Å². The maximum Gasteiger partial charge on any atom is 0.410 e. The van der Waals surface area contributed by atoms with Gasteiger partial charge in [-0.05, 0) is 32.9 Å². The average Bonchev–Trinajstić information content (AvgIpc) is 2.89. The van der Waals surface area contributed by atoms with Crippen molar-refractivity contribution in [3.8, 4) is 0 Å². The van der Waals surface area contributed by atoms with E-state index in [1.165, 1.54) is 0 Å². The lowest BCUT2D eigenvalue weighted by molar-refractivity contribution is 0.0239. The maximum atomic E-state index is 12.0. The van der Waals surface area contributed by atoms with Crippen LogP contribution in [0.1, 0.15) is 20.8 Å². The van der Waals surface area contributed by atoms with Crippen molar-refractivity contribution in [2.45, 2.75) is 26.4 Å². The minimum absolute atomic E-state index is 0.272. The first-order valence-corrected chi connectivity index (χ1v) is 7.37. The highest BCUT2D eigenvalue weighted by Gasteiger charge is 2.27. The molecule has 3 rings (SSSR count). The molecule has 0 N–H and O–H groups in total. The Morgan fingerprint density at radius 1 is 1.27 bits per heavy atom. The van der Waals surface area contributed by atoms with Gasteiger partial charge in [0.15, 0.2) is 5.58 Å². The van der Waals surface area contributed by atoms with Crippen LogP contribution in [0.3, 0.4) is 0 Å². The second-order valence-corrected chi connectivity index (χ2v) is 6.28. The van der Waals surface area contributed by atoms with E-state index in [9.17, 15) is 4.79 Å². The number of ether oxygens (including phenoxy) is 1. The third-order valence-electron chi connectivity index (χ3n) is 3.36. The Kier molecular flexibility index (Phi) is 3.64. The summed E-state index contributed by atoms with van der Waals surface area (Å²) in [5.41, 5.74) is 0.805. The fourth-order valence-electron chi connectivity index (χ4n) is 2.30. The highest BCUT2D eigenvalue weighted by atomic mass is 16.6. The van der Waals surface area contributed by atoms with Gasteiger partial charge in [-0.25, -0.2) is 9.78 Å². The standard InChI is InChI=1S/C15H20N4O3/c1-15(2,3)22-14(20)19-9-7-18(8-10-19)13-17-12-11(21-13)5-4-6-16-12/h4-6H,7-10H2,1-3H3. The molecule has 1 amide bonds. The van der Waals surface area contributed by atoms with Gasteiger partial charge in [0.1, 0.15) is 5.60 Å². The Balaban J connectivity index is 1.63. The van der Waals surface area contributed by atoms with Crippen LogP contribution in [-0.2, 0) is 4.74 Å². The summed E-state index contributed by atoms with van der Waals surface area (Å²) in [5.74, 6) is 0. The molecule has 2 aromatic heterocycles. The number of rotatable bonds is 1. The Hall–Kier alpha value is -2.31. The lowest BCUT2D eigenvalue weighted by Crippen LogP contribution is -2.50. The SMILES string of the molecule is CC(C)(C)OC(=O)N1CCN(c2nc3ncccc3o2)CC1. The summed E-state index contributed by atoms with van der Waals surface area (Å²) < 4.78 is 11.1. The van der Waals surface area contributed by atoms with E-state index >= 15 is 0 Å². The molecule has 1 fully saturated rings. The molecule has 0 spiro atoms. The second kappa shape index (κ2) is 5.47. The molecule has 0 bridgehead atoms. The van der Waals surface area contributed by atoms with Crippen molar-refractivity contribution in [2.75, 3.05) is 31.1 Å². The van der Waals surface area contributed by atoms with Crippen LogP contribution < -0.4 is 4.90 Å². The van der Waals surface area contributed by atoms with E-state index in [0.29, 0.717) is 43.4 Å². The third kappa shape index (κ3) is 3.13. The number of oxazole rings is 1. The molecule has 2 aromatic rings. The molecule has 1 saturated heterocycles. The normalized spacial score (nSPS) is 16.1. The van der Waals surface area contributed by atoms with Gasteiger partial charge < -0.3 is 19.0 Å². The van der Waals surface area contributed by atoms with Crippen LogP contribution >= 0.6 is 0 Å². The zero-order valence-corrected chi connectivity index (χ0v) is 13.1. The number of amides is 1. The van der Waals surface area contributed by atoms with Crippen LogP contribution in [0.15, 0.2) is 22.7 Å². The van der Waals surface area contributed by atoms with E-state index in [1.54, 1.807) is 11.1 Å². The van der Waals surface area contributed by atoms with E-state index < -0.39 is 5.60 Å². The molecule has 3 heterocycles. The van der Waals surface area contributed by atoms with Gasteiger partial charge in [0.25, 0.3) is 6.01 Å². The Bertz CT molecular complexity index is 636. The first-order chi connectivity index (χ1) is 10.4. The zero-order chi connectivity index (χ0) is 15.7. The van der Waals surface area contributed by atoms with E-state index in [2.05, 4.69) is 9.97 Å². The van der Waals surface area contributed by atoms with Gasteiger partial charge >= 0.3 is 6.09 Å². The summed E-state index contributed by atoms with van der Waals surface area (Å²) in [4.78, 5) is 24.3. The van der Waals surface area contributed by atoms with E-state index in [0.717, 1.165) is 0 Å². The maximum absolute atomic E-state index is 12.0. The highest BCUT2D eigenvalue weighted by molar-refractivity contribution is 5.70. The van der Waals surface area contributed by atoms with Crippen molar-refractivity contribution in [3.63, 3.8) is 0 Å². The van der Waals surface area contributed by atoms with Crippen molar-refractivity contribution in [3.05, 3.63) is 18.3 Å². The predicted molar refractivity (Wildman–Crippen MR) is 81.8 cm³/mol. The summed E-state index contributed by atoms with van der Waals surface area (Å²) >= 11 is 0. The molecule has 1 aliphatic heterocycles. The fourth-order valence-corrected chi connectivity index (χ4v) is 2.30. The van der Waals surface area contributed by atoms with Crippen molar-refractivity contribution in [2.24, 2.45) is 0 Å². The van der Waals surface area contributed by atoms with Crippen LogP contribution in [0.25, 0.3) is 11.2 Å². The summed E-state index contributed by atoms with van der Waals surface area (Å²) in [7, 11) is 0. The molecule has 7 nitrogen and oxygen atoms in total. The van der Waals surface area contributed by atoms with Crippen LogP contribution in [-0.4, -0.2) is 52.7 Å². The number of carbonyl (C=O) groups is 1. The first kappa shape index (κ1) is 14.6. The van der Waals surface area contributed by atoms with Crippen LogP contribution in [0.5, 0.6) is 0 Å². The minimum atomic E-state index is -0.472. The Morgan fingerprint density at radius 2 is 2.00 bits per heavy atom. The van der Waals surface area contributed by atoms with Gasteiger partial charge in [-0.1, -0.05) is 0 Å². The molecule has 1 aliphatic rings.